The normalized spacial score (nSPS) is 24.9. The monoisotopic (exact) mass is 382 g/mol. The van der Waals surface area contributed by atoms with E-state index >= 15 is 0 Å². The van der Waals surface area contributed by atoms with Crippen LogP contribution in [0.3, 0.4) is 0 Å². The number of benzene rings is 1. The molecule has 2 aliphatic carbocycles. The Morgan fingerprint density at radius 1 is 0.964 bits per heavy atom. The third kappa shape index (κ3) is 3.04. The molecule has 5 rings (SSSR count). The van der Waals surface area contributed by atoms with Crippen molar-refractivity contribution in [2.45, 2.75) is 69.6 Å². The largest absolute Gasteiger partial charge is 0.376 e. The van der Waals surface area contributed by atoms with Gasteiger partial charge in [-0.2, -0.15) is 0 Å². The van der Waals surface area contributed by atoms with Crippen molar-refractivity contribution in [3.63, 3.8) is 0 Å². The van der Waals surface area contributed by atoms with E-state index < -0.39 is 0 Å². The molecule has 0 bridgehead atoms. The van der Waals surface area contributed by atoms with Gasteiger partial charge in [-0.3, -0.25) is 19.3 Å². The molecule has 1 atom stereocenters. The van der Waals surface area contributed by atoms with E-state index in [-0.39, 0.29) is 23.8 Å². The second-order valence-corrected chi connectivity index (χ2v) is 8.50. The number of hydrogen-bond donors (Lipinski definition) is 0. The summed E-state index contributed by atoms with van der Waals surface area (Å²) in [4.78, 5) is 42.2. The number of fused-ring (bicyclic) bond motifs is 1. The first-order valence-electron chi connectivity index (χ1n) is 10.6. The Kier molecular flexibility index (Phi) is 4.46. The van der Waals surface area contributed by atoms with Crippen molar-refractivity contribution in [2.24, 2.45) is 0 Å². The van der Waals surface area contributed by atoms with E-state index in [9.17, 15) is 14.4 Å². The fraction of sp³-hybridized carbons (Fsp3) is 0.591. The molecule has 2 heterocycles. The minimum Gasteiger partial charge on any atom is -0.376 e. The number of carbonyl (C=O) groups excluding carboxylic acids is 3. The molecule has 1 saturated heterocycles. The predicted molar refractivity (Wildman–Crippen MR) is 102 cm³/mol. The van der Waals surface area contributed by atoms with Gasteiger partial charge in [0.15, 0.2) is 0 Å². The summed E-state index contributed by atoms with van der Waals surface area (Å²) in [6, 6.07) is 5.67. The summed E-state index contributed by atoms with van der Waals surface area (Å²) in [5.41, 5.74) is 1.28. The lowest BCUT2D eigenvalue weighted by Crippen LogP contribution is -2.40. The Bertz CT molecular complexity index is 820. The molecule has 0 N–H and O–H groups in total. The lowest BCUT2D eigenvalue weighted by atomic mass is 10.0. The maximum Gasteiger partial charge on any atom is 0.261 e. The third-order valence-corrected chi connectivity index (χ3v) is 6.52. The lowest BCUT2D eigenvalue weighted by molar-refractivity contribution is 0.0475. The summed E-state index contributed by atoms with van der Waals surface area (Å²) in [7, 11) is 0. The molecule has 2 saturated carbocycles. The molecule has 0 radical (unpaired) electrons. The molecule has 6 heteroatoms. The lowest BCUT2D eigenvalue weighted by Gasteiger charge is -2.29. The van der Waals surface area contributed by atoms with Gasteiger partial charge in [-0.1, -0.05) is 12.8 Å². The molecule has 6 nitrogen and oxygen atoms in total. The van der Waals surface area contributed by atoms with Gasteiger partial charge in [0.2, 0.25) is 0 Å². The first kappa shape index (κ1) is 17.9. The Morgan fingerprint density at radius 3 is 2.36 bits per heavy atom. The standard InChI is InChI=1S/C22H26N2O4/c25-20(24(16-8-9-16)15-4-1-2-5-15)14-7-10-18-19(12-14)22(27)23(21(18)26)13-17-6-3-11-28-17/h7,10,12,15-17H,1-6,8-9,11,13H2. The Morgan fingerprint density at radius 2 is 1.68 bits per heavy atom. The van der Waals surface area contributed by atoms with Crippen molar-refractivity contribution in [1.82, 2.24) is 9.80 Å². The third-order valence-electron chi connectivity index (χ3n) is 6.52. The SMILES string of the molecule is O=C1c2ccc(C(=O)N(C3CCCC3)C3CC3)cc2C(=O)N1CC1CCCO1. The molecule has 1 aromatic rings. The molecule has 0 aromatic heterocycles. The molecule has 1 unspecified atom stereocenters. The topological polar surface area (TPSA) is 66.9 Å². The van der Waals surface area contributed by atoms with Crippen LogP contribution < -0.4 is 0 Å². The predicted octanol–water partition coefficient (Wildman–Crippen LogP) is 3.01. The van der Waals surface area contributed by atoms with E-state index in [1.165, 1.54) is 17.7 Å². The van der Waals surface area contributed by atoms with Gasteiger partial charge < -0.3 is 9.64 Å². The van der Waals surface area contributed by atoms with Gasteiger partial charge in [-0.05, 0) is 56.7 Å². The summed E-state index contributed by atoms with van der Waals surface area (Å²) >= 11 is 0. The molecule has 28 heavy (non-hydrogen) atoms. The number of amides is 3. The van der Waals surface area contributed by atoms with Gasteiger partial charge in [0.1, 0.15) is 0 Å². The number of hydrogen-bond acceptors (Lipinski definition) is 4. The first-order chi connectivity index (χ1) is 13.6. The molecular formula is C22H26N2O4. The Balaban J connectivity index is 1.39. The van der Waals surface area contributed by atoms with E-state index in [2.05, 4.69) is 4.90 Å². The van der Waals surface area contributed by atoms with E-state index in [1.807, 2.05) is 0 Å². The zero-order valence-electron chi connectivity index (χ0n) is 16.1. The highest BCUT2D eigenvalue weighted by molar-refractivity contribution is 6.22. The first-order valence-corrected chi connectivity index (χ1v) is 10.6. The number of rotatable bonds is 5. The van der Waals surface area contributed by atoms with Crippen molar-refractivity contribution in [3.8, 4) is 0 Å². The van der Waals surface area contributed by atoms with E-state index in [1.54, 1.807) is 18.2 Å². The molecule has 4 aliphatic rings. The highest BCUT2D eigenvalue weighted by Crippen LogP contribution is 2.36. The zero-order valence-corrected chi connectivity index (χ0v) is 16.1. The van der Waals surface area contributed by atoms with Crippen molar-refractivity contribution >= 4 is 17.7 Å². The van der Waals surface area contributed by atoms with Gasteiger partial charge in [0.05, 0.1) is 23.8 Å². The number of carbonyl (C=O) groups is 3. The van der Waals surface area contributed by atoms with Gasteiger partial charge >= 0.3 is 0 Å². The fourth-order valence-corrected chi connectivity index (χ4v) is 4.90. The van der Waals surface area contributed by atoms with Crippen LogP contribution in [-0.2, 0) is 4.74 Å². The van der Waals surface area contributed by atoms with Gasteiger partial charge in [-0.25, -0.2) is 0 Å². The summed E-state index contributed by atoms with van der Waals surface area (Å²) in [6.45, 7) is 0.983. The highest BCUT2D eigenvalue weighted by Gasteiger charge is 2.41. The van der Waals surface area contributed by atoms with Gasteiger partial charge in [0, 0.05) is 24.3 Å². The van der Waals surface area contributed by atoms with Crippen LogP contribution in [-0.4, -0.2) is 58.9 Å². The molecule has 1 aromatic carbocycles. The number of nitrogens with zero attached hydrogens (tertiary/aromatic N) is 2. The minimum atomic E-state index is -0.302. The maximum absolute atomic E-state index is 13.3. The van der Waals surface area contributed by atoms with Crippen LogP contribution in [0.4, 0.5) is 0 Å². The van der Waals surface area contributed by atoms with Crippen molar-refractivity contribution in [1.29, 1.82) is 0 Å². The van der Waals surface area contributed by atoms with Gasteiger partial charge in [-0.15, -0.1) is 0 Å². The van der Waals surface area contributed by atoms with Crippen LogP contribution >= 0.6 is 0 Å². The van der Waals surface area contributed by atoms with E-state index in [0.29, 0.717) is 41.9 Å². The fourth-order valence-electron chi connectivity index (χ4n) is 4.90. The summed E-state index contributed by atoms with van der Waals surface area (Å²) in [5.74, 6) is -0.566. The second kappa shape index (κ2) is 6.99. The zero-order chi connectivity index (χ0) is 19.3. The molecule has 2 aliphatic heterocycles. The van der Waals surface area contributed by atoms with Crippen LogP contribution in [0.2, 0.25) is 0 Å². The van der Waals surface area contributed by atoms with Crippen LogP contribution in [0.15, 0.2) is 18.2 Å². The summed E-state index contributed by atoms with van der Waals surface area (Å²) in [6.07, 6.45) is 8.39. The summed E-state index contributed by atoms with van der Waals surface area (Å²) < 4.78 is 5.59. The average molecular weight is 382 g/mol. The quantitative estimate of drug-likeness (QED) is 0.734. The van der Waals surface area contributed by atoms with Crippen LogP contribution in [0.25, 0.3) is 0 Å². The van der Waals surface area contributed by atoms with Crippen LogP contribution in [0, 0.1) is 0 Å². The van der Waals surface area contributed by atoms with E-state index in [4.69, 9.17) is 4.74 Å². The van der Waals surface area contributed by atoms with Crippen LogP contribution in [0.5, 0.6) is 0 Å². The minimum absolute atomic E-state index is 0.00928. The maximum atomic E-state index is 13.3. The highest BCUT2D eigenvalue weighted by atomic mass is 16.5. The molecule has 148 valence electrons. The van der Waals surface area contributed by atoms with Crippen molar-refractivity contribution in [3.05, 3.63) is 34.9 Å². The average Bonchev–Trinajstić information content (AvgIpc) is 3.09. The number of imide groups is 1. The van der Waals surface area contributed by atoms with Gasteiger partial charge in [0.25, 0.3) is 17.7 Å². The van der Waals surface area contributed by atoms with Crippen LogP contribution in [0.1, 0.15) is 82.4 Å². The Hall–Kier alpha value is -2.21. The second-order valence-electron chi connectivity index (χ2n) is 8.50. The molecule has 3 fully saturated rings. The number of ether oxygens (including phenoxy) is 1. The molecular weight excluding hydrogens is 356 g/mol. The van der Waals surface area contributed by atoms with E-state index in [0.717, 1.165) is 38.5 Å². The molecule has 0 spiro atoms. The smallest absolute Gasteiger partial charge is 0.261 e. The Labute approximate surface area is 164 Å². The van der Waals surface area contributed by atoms with Crippen molar-refractivity contribution < 1.29 is 19.1 Å². The summed E-state index contributed by atoms with van der Waals surface area (Å²) in [5, 5.41) is 0. The molecule has 3 amide bonds. The van der Waals surface area contributed by atoms with Crippen molar-refractivity contribution in [2.75, 3.05) is 13.2 Å².